The number of nitrogens with zero attached hydrogens (tertiary/aromatic N) is 2. The second-order valence-electron chi connectivity index (χ2n) is 8.71. The number of hydrogen-bond donors (Lipinski definition) is 0. The Morgan fingerprint density at radius 1 is 0.903 bits per heavy atom. The van der Waals surface area contributed by atoms with Gasteiger partial charge in [-0.1, -0.05) is 70.2 Å². The molecule has 3 nitrogen and oxygen atoms in total. The zero-order valence-corrected chi connectivity index (χ0v) is 18.3. The Labute approximate surface area is 187 Å². The molecule has 0 aliphatic carbocycles. The van der Waals surface area contributed by atoms with Crippen molar-refractivity contribution in [2.45, 2.75) is 46.4 Å². The van der Waals surface area contributed by atoms with E-state index in [1.807, 2.05) is 24.3 Å². The zero-order chi connectivity index (χ0) is 24.2. The number of aromatic nitrogens is 2. The maximum Gasteiger partial charge on any atom is 0.149 e. The summed E-state index contributed by atoms with van der Waals surface area (Å²) in [6, 6.07) is 19.8. The fourth-order valence-electron chi connectivity index (χ4n) is 4.40. The number of hydrogen-bond acceptors (Lipinski definition) is 2. The van der Waals surface area contributed by atoms with Gasteiger partial charge in [-0.05, 0) is 53.6 Å². The van der Waals surface area contributed by atoms with Gasteiger partial charge < -0.3 is 4.42 Å². The second kappa shape index (κ2) is 7.42. The maximum absolute atomic E-state index is 7.74. The van der Waals surface area contributed by atoms with Crippen LogP contribution in [0.3, 0.4) is 0 Å². The van der Waals surface area contributed by atoms with Gasteiger partial charge >= 0.3 is 0 Å². The minimum Gasteiger partial charge on any atom is -0.464 e. The van der Waals surface area contributed by atoms with Gasteiger partial charge in [0.2, 0.25) is 0 Å². The maximum atomic E-state index is 7.74. The molecular weight excluding hydrogens is 380 g/mol. The minimum atomic E-state index is -2.18. The van der Waals surface area contributed by atoms with Gasteiger partial charge in [-0.15, -0.1) is 0 Å². The predicted octanol–water partition coefficient (Wildman–Crippen LogP) is 7.99. The van der Waals surface area contributed by atoms with Gasteiger partial charge in [0.15, 0.2) is 0 Å². The summed E-state index contributed by atoms with van der Waals surface area (Å²) in [5.74, 6) is 1.44. The monoisotopic (exact) mass is 411 g/mol. The standard InChI is InChI=1S/C28H28N2O/c1-17(2)20-9-8-10-21(18(3)4)27(20)30-25-12-7-6-11-24(25)29-28(30)23-16-31-26-15-19(5)13-14-22(23)26/h6-18H,1-5H3/i5D3. The molecule has 0 aliphatic rings. The first-order valence-electron chi connectivity index (χ1n) is 12.3. The predicted molar refractivity (Wildman–Crippen MR) is 129 cm³/mol. The van der Waals surface area contributed by atoms with E-state index in [-0.39, 0.29) is 5.56 Å². The third kappa shape index (κ3) is 3.16. The number of fused-ring (bicyclic) bond motifs is 2. The third-order valence-corrected chi connectivity index (χ3v) is 5.94. The van der Waals surface area contributed by atoms with E-state index in [0.29, 0.717) is 17.4 Å². The third-order valence-electron chi connectivity index (χ3n) is 5.94. The molecule has 0 radical (unpaired) electrons. The Bertz CT molecular complexity index is 1480. The lowest BCUT2D eigenvalue weighted by molar-refractivity contribution is 0.616. The molecule has 0 saturated heterocycles. The highest BCUT2D eigenvalue weighted by molar-refractivity contribution is 5.95. The number of benzene rings is 3. The smallest absolute Gasteiger partial charge is 0.149 e. The summed E-state index contributed by atoms with van der Waals surface area (Å²) in [4.78, 5) is 5.05. The molecule has 2 aromatic heterocycles. The Morgan fingerprint density at radius 3 is 2.35 bits per heavy atom. The highest BCUT2D eigenvalue weighted by Gasteiger charge is 2.23. The van der Waals surface area contributed by atoms with Crippen LogP contribution in [0.1, 0.15) is 60.3 Å². The van der Waals surface area contributed by atoms with Crippen molar-refractivity contribution in [1.29, 1.82) is 0 Å². The summed E-state index contributed by atoms with van der Waals surface area (Å²) in [6.45, 7) is 6.67. The van der Waals surface area contributed by atoms with E-state index in [2.05, 4.69) is 56.5 Å². The van der Waals surface area contributed by atoms with Crippen LogP contribution in [0.15, 0.2) is 71.3 Å². The van der Waals surface area contributed by atoms with E-state index in [0.717, 1.165) is 33.5 Å². The highest BCUT2D eigenvalue weighted by Crippen LogP contribution is 2.39. The minimum absolute atomic E-state index is 0.265. The van der Waals surface area contributed by atoms with Crippen LogP contribution in [-0.2, 0) is 0 Å². The van der Waals surface area contributed by atoms with E-state index < -0.39 is 6.85 Å². The Hall–Kier alpha value is -3.33. The van der Waals surface area contributed by atoms with E-state index in [4.69, 9.17) is 13.5 Å². The molecular formula is C28H28N2O. The van der Waals surface area contributed by atoms with Crippen molar-refractivity contribution in [2.75, 3.05) is 0 Å². The molecule has 3 aromatic carbocycles. The van der Waals surface area contributed by atoms with Crippen LogP contribution in [0, 0.1) is 6.85 Å². The van der Waals surface area contributed by atoms with Crippen LogP contribution in [0.25, 0.3) is 39.1 Å². The fraction of sp³-hybridized carbons (Fsp3) is 0.250. The molecule has 0 bridgehead atoms. The average Bonchev–Trinajstić information content (AvgIpc) is 3.38. The average molecular weight is 412 g/mol. The molecule has 0 unspecified atom stereocenters. The fourth-order valence-corrected chi connectivity index (χ4v) is 4.40. The number of imidazole rings is 1. The van der Waals surface area contributed by atoms with Crippen molar-refractivity contribution >= 4 is 22.0 Å². The lowest BCUT2D eigenvalue weighted by Crippen LogP contribution is -2.08. The van der Waals surface area contributed by atoms with Gasteiger partial charge in [-0.3, -0.25) is 4.57 Å². The van der Waals surface area contributed by atoms with E-state index in [1.54, 1.807) is 18.4 Å². The van der Waals surface area contributed by atoms with Gasteiger partial charge in [0, 0.05) is 9.50 Å². The summed E-state index contributed by atoms with van der Waals surface area (Å²) in [6.07, 6.45) is 1.69. The highest BCUT2D eigenvalue weighted by atomic mass is 16.3. The summed E-state index contributed by atoms with van der Waals surface area (Å²) in [5, 5.41) is 0.845. The van der Waals surface area contributed by atoms with Crippen LogP contribution in [0.4, 0.5) is 0 Å². The lowest BCUT2D eigenvalue weighted by Gasteiger charge is -2.22. The van der Waals surface area contributed by atoms with E-state index in [9.17, 15) is 0 Å². The van der Waals surface area contributed by atoms with Gasteiger partial charge in [0.05, 0.1) is 22.3 Å². The molecule has 0 saturated carbocycles. The Kier molecular flexibility index (Phi) is 3.92. The van der Waals surface area contributed by atoms with E-state index >= 15 is 0 Å². The zero-order valence-electron chi connectivity index (χ0n) is 21.3. The van der Waals surface area contributed by atoms with Gasteiger partial charge in [0.25, 0.3) is 0 Å². The molecule has 5 aromatic rings. The lowest BCUT2D eigenvalue weighted by atomic mass is 9.92. The molecule has 3 heteroatoms. The molecule has 0 N–H and O–H groups in total. The van der Waals surface area contributed by atoms with Crippen LogP contribution < -0.4 is 0 Å². The summed E-state index contributed by atoms with van der Waals surface area (Å²) >= 11 is 0. The molecule has 31 heavy (non-hydrogen) atoms. The molecule has 0 atom stereocenters. The van der Waals surface area contributed by atoms with Gasteiger partial charge in [-0.2, -0.15) is 0 Å². The van der Waals surface area contributed by atoms with Crippen LogP contribution in [-0.4, -0.2) is 9.55 Å². The number of furan rings is 1. The van der Waals surface area contributed by atoms with Gasteiger partial charge in [0.1, 0.15) is 17.7 Å². The summed E-state index contributed by atoms with van der Waals surface area (Å²) in [7, 11) is 0. The van der Waals surface area contributed by atoms with Crippen molar-refractivity contribution in [2.24, 2.45) is 0 Å². The molecule has 0 spiro atoms. The van der Waals surface area contributed by atoms with Crippen LogP contribution >= 0.6 is 0 Å². The number of para-hydroxylation sites is 3. The van der Waals surface area contributed by atoms with E-state index in [1.165, 1.54) is 11.1 Å². The first-order valence-corrected chi connectivity index (χ1v) is 10.8. The quantitative estimate of drug-likeness (QED) is 0.300. The van der Waals surface area contributed by atoms with Crippen molar-refractivity contribution in [3.63, 3.8) is 0 Å². The second-order valence-corrected chi connectivity index (χ2v) is 8.71. The summed E-state index contributed by atoms with van der Waals surface area (Å²) in [5.41, 5.74) is 7.26. The van der Waals surface area contributed by atoms with Crippen molar-refractivity contribution in [3.05, 3.63) is 83.6 Å². The largest absolute Gasteiger partial charge is 0.464 e. The molecule has 0 amide bonds. The normalized spacial score (nSPS) is 13.8. The first kappa shape index (κ1) is 16.4. The number of rotatable bonds is 4. The molecule has 0 fully saturated rings. The Morgan fingerprint density at radius 2 is 1.65 bits per heavy atom. The van der Waals surface area contributed by atoms with Crippen LogP contribution in [0.5, 0.6) is 0 Å². The molecule has 2 heterocycles. The van der Waals surface area contributed by atoms with Crippen molar-refractivity contribution in [1.82, 2.24) is 9.55 Å². The first-order chi connectivity index (χ1) is 16.2. The Balaban J connectivity index is 1.86. The van der Waals surface area contributed by atoms with Gasteiger partial charge in [-0.25, -0.2) is 4.98 Å². The SMILES string of the molecule is [2H]C([2H])([2H])c1ccc2c(-c3nc4ccccc4n3-c3c(C(C)C)cccc3C(C)C)coc2c1. The number of aryl methyl sites for hydroxylation is 1. The molecule has 156 valence electrons. The van der Waals surface area contributed by atoms with Crippen LogP contribution in [0.2, 0.25) is 0 Å². The summed E-state index contributed by atoms with van der Waals surface area (Å²) < 4.78 is 31.4. The molecule has 0 aliphatic heterocycles. The molecule has 5 rings (SSSR count). The van der Waals surface area contributed by atoms with Crippen molar-refractivity contribution < 1.29 is 8.53 Å². The topological polar surface area (TPSA) is 31.0 Å². The van der Waals surface area contributed by atoms with Crippen molar-refractivity contribution in [3.8, 4) is 17.1 Å².